The molecule has 0 unspecified atom stereocenters. The Morgan fingerprint density at radius 2 is 1.92 bits per heavy atom. The number of methoxy groups -OCH3 is 1. The maximum atomic E-state index is 13.6. The van der Waals surface area contributed by atoms with Crippen molar-refractivity contribution in [1.29, 1.82) is 0 Å². The summed E-state index contributed by atoms with van der Waals surface area (Å²) in [4.78, 5) is 56.5. The van der Waals surface area contributed by atoms with E-state index in [0.29, 0.717) is 10.1 Å². The van der Waals surface area contributed by atoms with Gasteiger partial charge in [0.25, 0.3) is 11.5 Å². The zero-order valence-corrected chi connectivity index (χ0v) is 20.0. The number of carbonyl (C=O) groups excluding carboxylic acids is 3. The smallest absolute Gasteiger partial charge is 0.313 e. The lowest BCUT2D eigenvalue weighted by Gasteiger charge is -2.27. The molecule has 2 aromatic heterocycles. The molecule has 0 spiro atoms. The molecule has 0 fully saturated rings. The lowest BCUT2D eigenvalue weighted by Crippen LogP contribution is -2.46. The lowest BCUT2D eigenvalue weighted by atomic mass is 10.0. The van der Waals surface area contributed by atoms with Crippen molar-refractivity contribution in [3.05, 3.63) is 69.3 Å². The highest BCUT2D eigenvalue weighted by atomic mass is 19.1. The second kappa shape index (κ2) is 11.7. The van der Waals surface area contributed by atoms with Gasteiger partial charge >= 0.3 is 17.8 Å². The molecule has 14 heteroatoms. The van der Waals surface area contributed by atoms with E-state index in [-0.39, 0.29) is 13.2 Å². The number of carbonyl (C=O) groups is 3. The molecule has 0 aliphatic carbocycles. The average Bonchev–Trinajstić information content (AvgIpc) is 3.47. The fourth-order valence-corrected chi connectivity index (χ4v) is 2.98. The minimum atomic E-state index is -3.80. The number of ether oxygens (including phenoxy) is 2. The molecule has 0 bridgehead atoms. The molecule has 202 valence electrons. The second-order valence-electron chi connectivity index (χ2n) is 7.62. The van der Waals surface area contributed by atoms with Crippen LogP contribution in [0.4, 0.5) is 4.39 Å². The number of aryl methyl sites for hydroxylation is 1. The van der Waals surface area contributed by atoms with E-state index in [1.54, 1.807) is 5.32 Å². The van der Waals surface area contributed by atoms with Crippen LogP contribution in [0.1, 0.15) is 70.9 Å². The fraction of sp³-hybridized carbons (Fsp3) is 0.375. The Bertz CT molecular complexity index is 1690. The standard InChI is InChI=1S/C24H27FN6O7/c1-13-29-30-21(37-13)20(34)28-24(2,3)23-27-17(19(33)26-12-14-6-8-15(25)9-7-14)18(22(35)31(23)4)38-16(32)10-11-36-5/h6-9H,10-12H2,1-5H3,(H,26,33)(H,28,34)/i1D3,2D3,3D3. The zero-order chi connectivity index (χ0) is 35.5. The molecular weight excluding hydrogens is 503 g/mol. The highest BCUT2D eigenvalue weighted by molar-refractivity contribution is 5.95. The molecule has 0 aliphatic rings. The van der Waals surface area contributed by atoms with E-state index < -0.39 is 90.7 Å². The predicted octanol–water partition coefficient (Wildman–Crippen LogP) is 1.15. The molecule has 0 atom stereocenters. The van der Waals surface area contributed by atoms with Gasteiger partial charge in [-0.25, -0.2) is 9.37 Å². The molecule has 1 aromatic carbocycles. The Morgan fingerprint density at radius 3 is 2.55 bits per heavy atom. The summed E-state index contributed by atoms with van der Waals surface area (Å²) in [6.45, 7) is -11.1. The van der Waals surface area contributed by atoms with Gasteiger partial charge in [-0.3, -0.25) is 23.7 Å². The normalized spacial score (nSPS) is 15.7. The van der Waals surface area contributed by atoms with Crippen molar-refractivity contribution < 1.29 is 45.0 Å². The summed E-state index contributed by atoms with van der Waals surface area (Å²) in [5, 5.41) is 10.5. The van der Waals surface area contributed by atoms with Crippen LogP contribution in [0.5, 0.6) is 5.75 Å². The van der Waals surface area contributed by atoms with Crippen LogP contribution in [0.15, 0.2) is 33.5 Å². The SMILES string of the molecule is [2H]C([2H])([2H])c1nnc(C(=O)NC(c2nc(C(=O)NCc3ccc(F)cc3)c(OC(=O)CCOC)c(=O)n2C)(C([2H])([2H])[2H])C([2H])([2H])[2H])o1. The number of esters is 1. The van der Waals surface area contributed by atoms with Gasteiger partial charge in [0.05, 0.1) is 18.6 Å². The summed E-state index contributed by atoms with van der Waals surface area (Å²) in [7, 11) is 2.11. The van der Waals surface area contributed by atoms with Crippen LogP contribution in [-0.2, 0) is 28.7 Å². The van der Waals surface area contributed by atoms with Crippen molar-refractivity contribution >= 4 is 17.8 Å². The largest absolute Gasteiger partial charge is 0.418 e. The van der Waals surface area contributed by atoms with Gasteiger partial charge in [-0.05, 0) is 31.4 Å². The summed E-state index contributed by atoms with van der Waals surface area (Å²) in [5.41, 5.74) is -5.73. The number of aromatic nitrogens is 4. The Labute approximate surface area is 229 Å². The van der Waals surface area contributed by atoms with Crippen molar-refractivity contribution in [3.8, 4) is 5.75 Å². The molecule has 0 radical (unpaired) electrons. The quantitative estimate of drug-likeness (QED) is 0.357. The first-order valence-electron chi connectivity index (χ1n) is 15.1. The van der Waals surface area contributed by atoms with E-state index in [4.69, 9.17) is 26.2 Å². The summed E-state index contributed by atoms with van der Waals surface area (Å²) >= 11 is 0. The molecule has 38 heavy (non-hydrogen) atoms. The van der Waals surface area contributed by atoms with Gasteiger partial charge in [0.2, 0.25) is 11.6 Å². The van der Waals surface area contributed by atoms with E-state index in [1.807, 2.05) is 0 Å². The molecule has 0 saturated heterocycles. The van der Waals surface area contributed by atoms with Gasteiger partial charge < -0.3 is 24.5 Å². The first-order valence-corrected chi connectivity index (χ1v) is 10.6. The van der Waals surface area contributed by atoms with Crippen LogP contribution in [0.25, 0.3) is 0 Å². The van der Waals surface area contributed by atoms with Crippen LogP contribution in [0.3, 0.4) is 0 Å². The van der Waals surface area contributed by atoms with Crippen LogP contribution >= 0.6 is 0 Å². The van der Waals surface area contributed by atoms with E-state index in [2.05, 4.69) is 20.5 Å². The Kier molecular flexibility index (Phi) is 5.52. The van der Waals surface area contributed by atoms with Gasteiger partial charge in [0.1, 0.15) is 11.6 Å². The van der Waals surface area contributed by atoms with Crippen molar-refractivity contribution in [2.24, 2.45) is 7.05 Å². The molecule has 3 rings (SSSR count). The first-order chi connectivity index (χ1) is 21.6. The number of halogens is 1. The molecule has 13 nitrogen and oxygen atoms in total. The van der Waals surface area contributed by atoms with E-state index >= 15 is 0 Å². The van der Waals surface area contributed by atoms with Gasteiger partial charge in [-0.15, -0.1) is 10.2 Å². The minimum Gasteiger partial charge on any atom is -0.418 e. The third-order valence-electron chi connectivity index (χ3n) is 4.81. The van der Waals surface area contributed by atoms with Gasteiger partial charge in [-0.2, -0.15) is 0 Å². The van der Waals surface area contributed by atoms with E-state index in [9.17, 15) is 23.6 Å². The summed E-state index contributed by atoms with van der Waals surface area (Å²) in [6, 6.07) is 4.80. The van der Waals surface area contributed by atoms with Crippen molar-refractivity contribution in [1.82, 2.24) is 30.4 Å². The number of hydrogen-bond acceptors (Lipinski definition) is 10. The minimum absolute atomic E-state index is 0.164. The average molecular weight is 540 g/mol. The highest BCUT2D eigenvalue weighted by Gasteiger charge is 2.33. The first kappa shape index (κ1) is 17.9. The number of amides is 2. The molecule has 0 aliphatic heterocycles. The molecule has 3 aromatic rings. The Hall–Kier alpha value is -4.46. The molecular formula is C24H27FN6O7. The molecule has 2 heterocycles. The maximum absolute atomic E-state index is 13.6. The predicted molar refractivity (Wildman–Crippen MR) is 129 cm³/mol. The highest BCUT2D eigenvalue weighted by Crippen LogP contribution is 2.22. The van der Waals surface area contributed by atoms with Crippen molar-refractivity contribution in [2.75, 3.05) is 13.7 Å². The molecule has 2 amide bonds. The van der Waals surface area contributed by atoms with Crippen molar-refractivity contribution in [2.45, 2.75) is 39.1 Å². The number of nitrogens with one attached hydrogen (secondary N) is 2. The maximum Gasteiger partial charge on any atom is 0.313 e. The van der Waals surface area contributed by atoms with Crippen LogP contribution in [0, 0.1) is 12.7 Å². The Balaban J connectivity index is 2.26. The number of hydrogen-bond donors (Lipinski definition) is 2. The summed E-state index contributed by atoms with van der Waals surface area (Å²) < 4.78 is 99.6. The number of benzene rings is 1. The summed E-state index contributed by atoms with van der Waals surface area (Å²) in [6.07, 6.45) is -0.412. The Morgan fingerprint density at radius 1 is 1.18 bits per heavy atom. The molecule has 2 N–H and O–H groups in total. The zero-order valence-electron chi connectivity index (χ0n) is 29.0. The fourth-order valence-electron chi connectivity index (χ4n) is 2.98. The third kappa shape index (κ3) is 6.64. The number of rotatable bonds is 10. The topological polar surface area (TPSA) is 168 Å². The van der Waals surface area contributed by atoms with E-state index in [1.165, 1.54) is 19.2 Å². The van der Waals surface area contributed by atoms with Gasteiger partial charge in [0, 0.05) is 39.9 Å². The third-order valence-corrected chi connectivity index (χ3v) is 4.81. The summed E-state index contributed by atoms with van der Waals surface area (Å²) in [5.74, 6) is -9.05. The van der Waals surface area contributed by atoms with Gasteiger partial charge in [-0.1, -0.05) is 12.1 Å². The van der Waals surface area contributed by atoms with Crippen molar-refractivity contribution in [3.63, 3.8) is 0 Å². The van der Waals surface area contributed by atoms with E-state index in [0.717, 1.165) is 19.2 Å². The lowest BCUT2D eigenvalue weighted by molar-refractivity contribution is -0.135. The van der Waals surface area contributed by atoms with Crippen LogP contribution < -0.4 is 20.9 Å². The monoisotopic (exact) mass is 539 g/mol. The number of nitrogens with zero attached hydrogens (tertiary/aromatic N) is 4. The van der Waals surface area contributed by atoms with Gasteiger partial charge in [0.15, 0.2) is 5.69 Å². The van der Waals surface area contributed by atoms with Crippen LogP contribution in [-0.4, -0.2) is 51.2 Å². The van der Waals surface area contributed by atoms with Crippen LogP contribution in [0.2, 0.25) is 0 Å². The second-order valence-corrected chi connectivity index (χ2v) is 7.62. The molecule has 0 saturated carbocycles.